The monoisotopic (exact) mass is 181 g/mol. The standard InChI is InChI=1S/C10H15NO2/c1-10(12,13)9(11)7-8-5-3-2-4-6-8/h2-6,9,12-13H,7,11H2,1H3/t9-/m0/s1. The second-order valence-electron chi connectivity index (χ2n) is 3.39. The minimum atomic E-state index is -1.81. The van der Waals surface area contributed by atoms with E-state index < -0.39 is 11.8 Å². The van der Waals surface area contributed by atoms with Gasteiger partial charge in [-0.2, -0.15) is 0 Å². The van der Waals surface area contributed by atoms with E-state index in [0.29, 0.717) is 6.42 Å². The quantitative estimate of drug-likeness (QED) is 0.586. The van der Waals surface area contributed by atoms with Crippen LogP contribution in [0.2, 0.25) is 0 Å². The Balaban J connectivity index is 2.61. The highest BCUT2D eigenvalue weighted by Gasteiger charge is 2.25. The highest BCUT2D eigenvalue weighted by molar-refractivity contribution is 5.16. The zero-order chi connectivity index (χ0) is 9.90. The van der Waals surface area contributed by atoms with Crippen LogP contribution in [0.1, 0.15) is 12.5 Å². The first-order valence-electron chi connectivity index (χ1n) is 4.24. The van der Waals surface area contributed by atoms with Gasteiger partial charge in [-0.15, -0.1) is 0 Å². The van der Waals surface area contributed by atoms with Crippen molar-refractivity contribution in [2.45, 2.75) is 25.2 Å². The molecule has 1 atom stereocenters. The van der Waals surface area contributed by atoms with Crippen molar-refractivity contribution >= 4 is 0 Å². The molecule has 1 rings (SSSR count). The summed E-state index contributed by atoms with van der Waals surface area (Å²) in [5, 5.41) is 18.4. The number of hydrogen-bond donors (Lipinski definition) is 3. The van der Waals surface area contributed by atoms with Gasteiger partial charge < -0.3 is 15.9 Å². The predicted octanol–water partition coefficient (Wildman–Crippen LogP) is 0.257. The van der Waals surface area contributed by atoms with Crippen LogP contribution in [0.15, 0.2) is 30.3 Å². The first kappa shape index (κ1) is 10.2. The number of rotatable bonds is 3. The number of hydrogen-bond acceptors (Lipinski definition) is 3. The molecule has 0 aliphatic rings. The van der Waals surface area contributed by atoms with Gasteiger partial charge in [0.05, 0.1) is 6.04 Å². The average Bonchev–Trinajstić information content (AvgIpc) is 2.04. The normalized spacial score (nSPS) is 14.2. The molecule has 0 heterocycles. The second-order valence-corrected chi connectivity index (χ2v) is 3.39. The Morgan fingerprint density at radius 1 is 1.31 bits per heavy atom. The van der Waals surface area contributed by atoms with Crippen molar-refractivity contribution < 1.29 is 10.2 Å². The Morgan fingerprint density at radius 2 is 1.85 bits per heavy atom. The van der Waals surface area contributed by atoms with Gasteiger partial charge in [0.1, 0.15) is 0 Å². The summed E-state index contributed by atoms with van der Waals surface area (Å²) in [6.45, 7) is 1.29. The fourth-order valence-electron chi connectivity index (χ4n) is 1.06. The van der Waals surface area contributed by atoms with Gasteiger partial charge in [0, 0.05) is 0 Å². The van der Waals surface area contributed by atoms with E-state index in [4.69, 9.17) is 5.73 Å². The third-order valence-electron chi connectivity index (χ3n) is 2.00. The third-order valence-corrected chi connectivity index (χ3v) is 2.00. The summed E-state index contributed by atoms with van der Waals surface area (Å²) in [5.41, 5.74) is 6.59. The highest BCUT2D eigenvalue weighted by Crippen LogP contribution is 2.09. The van der Waals surface area contributed by atoms with E-state index in [1.807, 2.05) is 30.3 Å². The van der Waals surface area contributed by atoms with Crippen LogP contribution < -0.4 is 5.73 Å². The van der Waals surface area contributed by atoms with Crippen LogP contribution in [0.3, 0.4) is 0 Å². The summed E-state index contributed by atoms with van der Waals surface area (Å²) >= 11 is 0. The fourth-order valence-corrected chi connectivity index (χ4v) is 1.06. The van der Waals surface area contributed by atoms with Crippen LogP contribution in [0.5, 0.6) is 0 Å². The van der Waals surface area contributed by atoms with Crippen molar-refractivity contribution in [3.63, 3.8) is 0 Å². The van der Waals surface area contributed by atoms with Crippen LogP contribution in [0, 0.1) is 0 Å². The molecular weight excluding hydrogens is 166 g/mol. The maximum absolute atomic E-state index is 9.18. The van der Waals surface area contributed by atoms with Gasteiger partial charge >= 0.3 is 0 Å². The SMILES string of the molecule is CC(O)(O)[C@@H](N)Cc1ccccc1. The Labute approximate surface area is 77.8 Å². The number of aliphatic hydroxyl groups is 2. The van der Waals surface area contributed by atoms with E-state index in [1.54, 1.807) is 0 Å². The summed E-state index contributed by atoms with van der Waals surface area (Å²) in [6, 6.07) is 8.86. The molecule has 0 aliphatic carbocycles. The molecule has 0 fully saturated rings. The summed E-state index contributed by atoms with van der Waals surface area (Å²) < 4.78 is 0. The zero-order valence-electron chi connectivity index (χ0n) is 7.64. The number of benzene rings is 1. The molecule has 1 aromatic carbocycles. The van der Waals surface area contributed by atoms with Gasteiger partial charge in [0.2, 0.25) is 0 Å². The summed E-state index contributed by atoms with van der Waals surface area (Å²) in [5.74, 6) is -1.81. The van der Waals surface area contributed by atoms with Crippen molar-refractivity contribution in [3.8, 4) is 0 Å². The molecule has 0 amide bonds. The van der Waals surface area contributed by atoms with Gasteiger partial charge in [0.15, 0.2) is 5.79 Å². The van der Waals surface area contributed by atoms with Crippen LogP contribution >= 0.6 is 0 Å². The molecule has 72 valence electrons. The summed E-state index contributed by atoms with van der Waals surface area (Å²) in [7, 11) is 0. The zero-order valence-corrected chi connectivity index (χ0v) is 7.64. The molecule has 1 aromatic rings. The molecule has 4 N–H and O–H groups in total. The van der Waals surface area contributed by atoms with Crippen molar-refractivity contribution in [1.82, 2.24) is 0 Å². The lowest BCUT2D eigenvalue weighted by Crippen LogP contribution is -2.46. The molecule has 3 nitrogen and oxygen atoms in total. The first-order chi connectivity index (χ1) is 6.00. The van der Waals surface area contributed by atoms with Gasteiger partial charge in [-0.05, 0) is 18.9 Å². The van der Waals surface area contributed by atoms with E-state index in [2.05, 4.69) is 0 Å². The summed E-state index contributed by atoms with van der Waals surface area (Å²) in [6.07, 6.45) is 0.463. The molecule has 0 bridgehead atoms. The molecule has 0 saturated carbocycles. The molecule has 13 heavy (non-hydrogen) atoms. The minimum Gasteiger partial charge on any atom is -0.365 e. The van der Waals surface area contributed by atoms with Crippen LogP contribution in [0.25, 0.3) is 0 Å². The van der Waals surface area contributed by atoms with Crippen LogP contribution in [0.4, 0.5) is 0 Å². The van der Waals surface area contributed by atoms with E-state index in [1.165, 1.54) is 6.92 Å². The molecule has 0 saturated heterocycles. The predicted molar refractivity (Wildman–Crippen MR) is 51.0 cm³/mol. The maximum Gasteiger partial charge on any atom is 0.175 e. The van der Waals surface area contributed by atoms with Crippen LogP contribution in [-0.2, 0) is 6.42 Å². The lowest BCUT2D eigenvalue weighted by Gasteiger charge is -2.23. The molecule has 0 spiro atoms. The van der Waals surface area contributed by atoms with Crippen molar-refractivity contribution in [3.05, 3.63) is 35.9 Å². The maximum atomic E-state index is 9.18. The largest absolute Gasteiger partial charge is 0.365 e. The average molecular weight is 181 g/mol. The van der Waals surface area contributed by atoms with Crippen molar-refractivity contribution in [2.75, 3.05) is 0 Å². The Bertz CT molecular complexity index is 253. The number of nitrogens with two attached hydrogens (primary N) is 1. The first-order valence-corrected chi connectivity index (χ1v) is 4.24. The second kappa shape index (κ2) is 3.87. The topological polar surface area (TPSA) is 66.5 Å². The van der Waals surface area contributed by atoms with Crippen LogP contribution in [-0.4, -0.2) is 22.0 Å². The van der Waals surface area contributed by atoms with E-state index in [-0.39, 0.29) is 0 Å². The molecule has 0 unspecified atom stereocenters. The fraction of sp³-hybridized carbons (Fsp3) is 0.400. The smallest absolute Gasteiger partial charge is 0.175 e. The Hall–Kier alpha value is -0.900. The van der Waals surface area contributed by atoms with E-state index in [9.17, 15) is 10.2 Å². The molecular formula is C10H15NO2. The third kappa shape index (κ3) is 3.14. The molecule has 3 heteroatoms. The van der Waals surface area contributed by atoms with Gasteiger partial charge in [0.25, 0.3) is 0 Å². The van der Waals surface area contributed by atoms with Gasteiger partial charge in [-0.3, -0.25) is 0 Å². The van der Waals surface area contributed by atoms with E-state index in [0.717, 1.165) is 5.56 Å². The Kier molecular flexibility index (Phi) is 3.03. The minimum absolute atomic E-state index is 0.463. The molecule has 0 aromatic heterocycles. The highest BCUT2D eigenvalue weighted by atomic mass is 16.5. The Morgan fingerprint density at radius 3 is 2.31 bits per heavy atom. The lowest BCUT2D eigenvalue weighted by molar-refractivity contribution is -0.160. The van der Waals surface area contributed by atoms with E-state index >= 15 is 0 Å². The molecule has 0 aliphatic heterocycles. The lowest BCUT2D eigenvalue weighted by atomic mass is 10.0. The molecule has 0 radical (unpaired) electrons. The van der Waals surface area contributed by atoms with Crippen molar-refractivity contribution in [1.29, 1.82) is 0 Å². The van der Waals surface area contributed by atoms with Gasteiger partial charge in [-0.25, -0.2) is 0 Å². The summed E-state index contributed by atoms with van der Waals surface area (Å²) in [4.78, 5) is 0. The van der Waals surface area contributed by atoms with Gasteiger partial charge in [-0.1, -0.05) is 30.3 Å². The van der Waals surface area contributed by atoms with Crippen molar-refractivity contribution in [2.24, 2.45) is 5.73 Å².